The number of halogens is 3. The molecule has 3 aromatic rings. The van der Waals surface area contributed by atoms with Gasteiger partial charge in [0.2, 0.25) is 0 Å². The fourth-order valence-electron chi connectivity index (χ4n) is 3.98. The Hall–Kier alpha value is -2.27. The molecule has 1 aliphatic rings. The van der Waals surface area contributed by atoms with Crippen molar-refractivity contribution in [3.63, 3.8) is 0 Å². The third kappa shape index (κ3) is 6.20. The van der Waals surface area contributed by atoms with E-state index in [0.29, 0.717) is 34.7 Å². The molecule has 0 aromatic heterocycles. The summed E-state index contributed by atoms with van der Waals surface area (Å²) in [6.07, 6.45) is 3.73. The Morgan fingerprint density at radius 1 is 0.879 bits per heavy atom. The van der Waals surface area contributed by atoms with E-state index in [2.05, 4.69) is 22.3 Å². The van der Waals surface area contributed by atoms with Crippen molar-refractivity contribution in [2.75, 3.05) is 30.4 Å². The molecule has 1 fully saturated rings. The van der Waals surface area contributed by atoms with Crippen LogP contribution in [0.25, 0.3) is 0 Å². The van der Waals surface area contributed by atoms with Gasteiger partial charge in [-0.15, -0.1) is 0 Å². The van der Waals surface area contributed by atoms with Crippen LogP contribution in [0.5, 0.6) is 11.5 Å². The first kappa shape index (κ1) is 23.9. The molecule has 4 rings (SSSR count). The topological polar surface area (TPSA) is 33.7 Å². The second kappa shape index (κ2) is 11.2. The second-order valence-corrected chi connectivity index (χ2v) is 9.33. The van der Waals surface area contributed by atoms with Crippen molar-refractivity contribution < 1.29 is 9.47 Å². The Labute approximate surface area is 210 Å². The average Bonchev–Trinajstić information content (AvgIpc) is 2.82. The van der Waals surface area contributed by atoms with Gasteiger partial charge in [-0.05, 0) is 66.8 Å². The largest absolute Gasteiger partial charge is 0.493 e. The van der Waals surface area contributed by atoms with Crippen molar-refractivity contribution in [2.24, 2.45) is 0 Å². The predicted molar refractivity (Wildman–Crippen MR) is 139 cm³/mol. The Kier molecular flexibility index (Phi) is 8.13. The molecule has 4 nitrogen and oxygen atoms in total. The number of nitrogens with zero attached hydrogens (tertiary/aromatic N) is 1. The molecule has 1 N–H and O–H groups in total. The van der Waals surface area contributed by atoms with Crippen LogP contribution in [0.2, 0.25) is 15.1 Å². The van der Waals surface area contributed by atoms with E-state index >= 15 is 0 Å². The number of methoxy groups -OCH3 is 1. The van der Waals surface area contributed by atoms with Crippen molar-refractivity contribution in [1.29, 1.82) is 0 Å². The van der Waals surface area contributed by atoms with Crippen molar-refractivity contribution in [3.8, 4) is 11.5 Å². The summed E-state index contributed by atoms with van der Waals surface area (Å²) in [7, 11) is 1.62. The zero-order valence-corrected chi connectivity index (χ0v) is 20.8. The average molecular weight is 506 g/mol. The Bertz CT molecular complexity index is 1100. The van der Waals surface area contributed by atoms with Gasteiger partial charge in [0.25, 0.3) is 0 Å². The number of hydrogen-bond acceptors (Lipinski definition) is 4. The summed E-state index contributed by atoms with van der Waals surface area (Å²) in [5.41, 5.74) is 3.91. The number of benzene rings is 3. The number of anilines is 2. The molecule has 1 heterocycles. The molecule has 174 valence electrons. The van der Waals surface area contributed by atoms with E-state index in [1.165, 1.54) is 19.3 Å². The van der Waals surface area contributed by atoms with Gasteiger partial charge in [0.15, 0.2) is 11.5 Å². The van der Waals surface area contributed by atoms with Crippen LogP contribution >= 0.6 is 34.8 Å². The Morgan fingerprint density at radius 3 is 2.42 bits per heavy atom. The van der Waals surface area contributed by atoms with E-state index in [1.54, 1.807) is 13.2 Å². The summed E-state index contributed by atoms with van der Waals surface area (Å²) >= 11 is 19.2. The van der Waals surface area contributed by atoms with Crippen LogP contribution in [-0.2, 0) is 13.2 Å². The molecule has 3 aromatic carbocycles. The molecule has 0 saturated carbocycles. The maximum absolute atomic E-state index is 6.59. The highest BCUT2D eigenvalue weighted by atomic mass is 35.5. The molecular weight excluding hydrogens is 479 g/mol. The molecule has 0 unspecified atom stereocenters. The maximum Gasteiger partial charge on any atom is 0.163 e. The van der Waals surface area contributed by atoms with Crippen LogP contribution < -0.4 is 19.7 Å². The Balaban J connectivity index is 1.42. The van der Waals surface area contributed by atoms with E-state index < -0.39 is 0 Å². The number of hydrogen-bond donors (Lipinski definition) is 1. The van der Waals surface area contributed by atoms with Crippen LogP contribution in [0.15, 0.2) is 54.6 Å². The lowest BCUT2D eigenvalue weighted by molar-refractivity contribution is 0.284. The van der Waals surface area contributed by atoms with Gasteiger partial charge in [0.1, 0.15) is 6.61 Å². The summed E-state index contributed by atoms with van der Waals surface area (Å²) in [5, 5.41) is 5.44. The molecule has 33 heavy (non-hydrogen) atoms. The molecule has 0 amide bonds. The van der Waals surface area contributed by atoms with Crippen LogP contribution in [0.4, 0.5) is 11.4 Å². The fourth-order valence-corrected chi connectivity index (χ4v) is 4.71. The van der Waals surface area contributed by atoms with E-state index in [0.717, 1.165) is 40.6 Å². The van der Waals surface area contributed by atoms with Gasteiger partial charge in [0.05, 0.1) is 17.8 Å². The quantitative estimate of drug-likeness (QED) is 0.338. The van der Waals surface area contributed by atoms with Crippen LogP contribution in [0, 0.1) is 0 Å². The minimum atomic E-state index is 0.368. The van der Waals surface area contributed by atoms with E-state index in [9.17, 15) is 0 Å². The van der Waals surface area contributed by atoms with E-state index in [1.807, 2.05) is 36.4 Å². The van der Waals surface area contributed by atoms with E-state index in [-0.39, 0.29) is 0 Å². The first-order valence-electron chi connectivity index (χ1n) is 11.1. The van der Waals surface area contributed by atoms with Crippen molar-refractivity contribution in [2.45, 2.75) is 32.4 Å². The molecular formula is C26H27Cl3N2O2. The summed E-state index contributed by atoms with van der Waals surface area (Å²) in [6.45, 7) is 3.02. The summed E-state index contributed by atoms with van der Waals surface area (Å²) in [5.74, 6) is 1.21. The molecule has 0 aliphatic carbocycles. The monoisotopic (exact) mass is 504 g/mol. The highest BCUT2D eigenvalue weighted by Crippen LogP contribution is 2.35. The fraction of sp³-hybridized carbons (Fsp3) is 0.308. The van der Waals surface area contributed by atoms with Crippen molar-refractivity contribution in [1.82, 2.24) is 0 Å². The van der Waals surface area contributed by atoms with Gasteiger partial charge < -0.3 is 19.7 Å². The van der Waals surface area contributed by atoms with E-state index in [4.69, 9.17) is 44.3 Å². The molecule has 0 bridgehead atoms. The third-order valence-electron chi connectivity index (χ3n) is 5.74. The molecule has 0 spiro atoms. The first-order valence-corrected chi connectivity index (χ1v) is 12.2. The predicted octanol–water partition coefficient (Wildman–Crippen LogP) is 7.84. The zero-order chi connectivity index (χ0) is 23.2. The van der Waals surface area contributed by atoms with Gasteiger partial charge in [0, 0.05) is 41.4 Å². The molecule has 0 atom stereocenters. The smallest absolute Gasteiger partial charge is 0.163 e. The Morgan fingerprint density at radius 2 is 1.70 bits per heavy atom. The number of piperidine rings is 1. The minimum absolute atomic E-state index is 0.368. The van der Waals surface area contributed by atoms with Gasteiger partial charge in [-0.3, -0.25) is 0 Å². The lowest BCUT2D eigenvalue weighted by Gasteiger charge is -2.29. The van der Waals surface area contributed by atoms with Crippen LogP contribution in [0.1, 0.15) is 30.4 Å². The maximum atomic E-state index is 6.59. The number of rotatable bonds is 8. The molecule has 1 saturated heterocycles. The minimum Gasteiger partial charge on any atom is -0.493 e. The number of nitrogens with one attached hydrogen (secondary N) is 1. The van der Waals surface area contributed by atoms with Crippen molar-refractivity contribution >= 4 is 46.2 Å². The third-order valence-corrected chi connectivity index (χ3v) is 6.63. The lowest BCUT2D eigenvalue weighted by atomic mass is 10.1. The lowest BCUT2D eigenvalue weighted by Crippen LogP contribution is -2.29. The highest BCUT2D eigenvalue weighted by molar-refractivity contribution is 6.33. The normalized spacial score (nSPS) is 13.6. The SMILES string of the molecule is COc1cc(CNc2ccc(N3CCCCC3)c(Cl)c2)c(Cl)cc1OCc1cccc(Cl)c1. The second-order valence-electron chi connectivity index (χ2n) is 8.08. The summed E-state index contributed by atoms with van der Waals surface area (Å²) < 4.78 is 11.5. The van der Waals surface area contributed by atoms with Crippen molar-refractivity contribution in [3.05, 3.63) is 80.8 Å². The zero-order valence-electron chi connectivity index (χ0n) is 18.5. The van der Waals surface area contributed by atoms with Crippen LogP contribution in [-0.4, -0.2) is 20.2 Å². The van der Waals surface area contributed by atoms with Gasteiger partial charge >= 0.3 is 0 Å². The summed E-state index contributed by atoms with van der Waals surface area (Å²) in [4.78, 5) is 2.36. The highest BCUT2D eigenvalue weighted by Gasteiger charge is 2.15. The van der Waals surface area contributed by atoms with Gasteiger partial charge in [-0.2, -0.15) is 0 Å². The first-order chi connectivity index (χ1) is 16.0. The molecule has 7 heteroatoms. The van der Waals surface area contributed by atoms with Crippen LogP contribution in [0.3, 0.4) is 0 Å². The van der Waals surface area contributed by atoms with Gasteiger partial charge in [-0.1, -0.05) is 46.9 Å². The standard InChI is InChI=1S/C26H27Cl3N2O2/c1-32-25-13-19(22(28)15-26(25)33-17-18-6-5-7-20(27)12-18)16-30-21-8-9-24(23(29)14-21)31-10-3-2-4-11-31/h5-9,12-15,30H,2-4,10-11,16-17H2,1H3. The molecule has 1 aliphatic heterocycles. The molecule has 0 radical (unpaired) electrons. The van der Waals surface area contributed by atoms with Gasteiger partial charge in [-0.25, -0.2) is 0 Å². The number of ether oxygens (including phenoxy) is 2. The summed E-state index contributed by atoms with van der Waals surface area (Å²) in [6, 6.07) is 17.4.